The standard InChI is InChI=1S/C19H41O8P/c1-6-23-15-17-28(4,5,18-16-26-12-10-22-3)27-19(20)7-8-24-13-14-25-11-9-21-2/h6-18H2,1-5H3. The van der Waals surface area contributed by atoms with Gasteiger partial charge in [-0.2, -0.15) is 0 Å². The van der Waals surface area contributed by atoms with Crippen molar-refractivity contribution in [2.75, 3.05) is 106 Å². The number of rotatable bonds is 20. The van der Waals surface area contributed by atoms with Gasteiger partial charge in [0.2, 0.25) is 0 Å². The predicted octanol–water partition coefficient (Wildman–Crippen LogP) is 2.03. The molecule has 0 aromatic heterocycles. The van der Waals surface area contributed by atoms with Gasteiger partial charge in [0.05, 0.1) is 0 Å². The first-order valence-corrected chi connectivity index (χ1v) is 13.3. The number of carbonyl (C=O) groups is 1. The van der Waals surface area contributed by atoms with Gasteiger partial charge in [-0.1, -0.05) is 0 Å². The minimum absolute atomic E-state index is 0.219. The second-order valence-corrected chi connectivity index (χ2v) is 13.4. The molecule has 0 N–H and O–H groups in total. The molecule has 170 valence electrons. The molecule has 0 amide bonds. The van der Waals surface area contributed by atoms with Crippen LogP contribution in [0, 0.1) is 0 Å². The van der Waals surface area contributed by atoms with Crippen LogP contribution in [0.2, 0.25) is 0 Å². The summed E-state index contributed by atoms with van der Waals surface area (Å²) < 4.78 is 37.7. The van der Waals surface area contributed by atoms with Crippen molar-refractivity contribution in [1.82, 2.24) is 0 Å². The van der Waals surface area contributed by atoms with E-state index in [1.54, 1.807) is 14.2 Å². The number of hydrogen-bond donors (Lipinski definition) is 0. The molecule has 0 heterocycles. The Balaban J connectivity index is 4.29. The van der Waals surface area contributed by atoms with E-state index in [1.807, 2.05) is 6.92 Å². The molecule has 0 aliphatic heterocycles. The average Bonchev–Trinajstić information content (AvgIpc) is 2.63. The van der Waals surface area contributed by atoms with Crippen LogP contribution in [0.4, 0.5) is 0 Å². The Morgan fingerprint density at radius 2 is 1.14 bits per heavy atom. The quantitative estimate of drug-likeness (QED) is 0.215. The van der Waals surface area contributed by atoms with Gasteiger partial charge in [-0.05, 0) is 0 Å². The summed E-state index contributed by atoms with van der Waals surface area (Å²) in [6.07, 6.45) is 1.63. The molecule has 0 atom stereocenters. The molecular weight excluding hydrogens is 387 g/mol. The van der Waals surface area contributed by atoms with Crippen molar-refractivity contribution < 1.29 is 37.7 Å². The monoisotopic (exact) mass is 428 g/mol. The molecule has 0 bridgehead atoms. The molecule has 0 aliphatic rings. The number of methoxy groups -OCH3 is 2. The van der Waals surface area contributed by atoms with Crippen molar-refractivity contribution in [3.05, 3.63) is 0 Å². The van der Waals surface area contributed by atoms with E-state index in [0.29, 0.717) is 78.4 Å². The fourth-order valence-electron chi connectivity index (χ4n) is 2.30. The third-order valence-electron chi connectivity index (χ3n) is 4.17. The van der Waals surface area contributed by atoms with Crippen LogP contribution in [0.3, 0.4) is 0 Å². The van der Waals surface area contributed by atoms with Crippen LogP contribution in [0.25, 0.3) is 0 Å². The molecule has 0 spiro atoms. The Labute approximate surface area is 170 Å². The third-order valence-corrected chi connectivity index (χ3v) is 8.15. The van der Waals surface area contributed by atoms with Crippen LogP contribution in [0.5, 0.6) is 0 Å². The number of hydrogen-bond acceptors (Lipinski definition) is 8. The molecule has 0 rings (SSSR count). The van der Waals surface area contributed by atoms with E-state index in [9.17, 15) is 4.79 Å². The van der Waals surface area contributed by atoms with Crippen molar-refractivity contribution in [3.63, 3.8) is 0 Å². The van der Waals surface area contributed by atoms with Gasteiger partial charge in [-0.15, -0.1) is 0 Å². The maximum atomic E-state index is 12.4. The van der Waals surface area contributed by atoms with Gasteiger partial charge in [0, 0.05) is 0 Å². The van der Waals surface area contributed by atoms with Crippen LogP contribution in [-0.2, 0) is 37.7 Å². The van der Waals surface area contributed by atoms with Crippen molar-refractivity contribution >= 4 is 12.8 Å². The van der Waals surface area contributed by atoms with Gasteiger partial charge >= 0.3 is 170 Å². The first kappa shape index (κ1) is 27.7. The van der Waals surface area contributed by atoms with E-state index in [1.165, 1.54) is 0 Å². The summed E-state index contributed by atoms with van der Waals surface area (Å²) in [5.41, 5.74) is 0. The van der Waals surface area contributed by atoms with Crippen LogP contribution in [-0.4, -0.2) is 112 Å². The molecule has 0 aliphatic carbocycles. The van der Waals surface area contributed by atoms with Crippen LogP contribution < -0.4 is 0 Å². The van der Waals surface area contributed by atoms with E-state index < -0.39 is 6.83 Å². The van der Waals surface area contributed by atoms with Crippen LogP contribution >= 0.6 is 6.83 Å². The number of ether oxygens (including phenoxy) is 6. The second-order valence-electron chi connectivity index (χ2n) is 7.24. The first-order valence-electron chi connectivity index (χ1n) is 9.88. The maximum absolute atomic E-state index is 12.4. The molecule has 9 heteroatoms. The molecule has 0 aromatic rings. The fraction of sp³-hybridized carbons (Fsp3) is 0.947. The summed E-state index contributed by atoms with van der Waals surface area (Å²) in [4.78, 5) is 12.4. The molecule has 0 unspecified atom stereocenters. The minimum atomic E-state index is -2.72. The van der Waals surface area contributed by atoms with Gasteiger partial charge in [0.1, 0.15) is 0 Å². The van der Waals surface area contributed by atoms with Gasteiger partial charge < -0.3 is 0 Å². The van der Waals surface area contributed by atoms with E-state index in [-0.39, 0.29) is 12.4 Å². The SMILES string of the molecule is CCOCCP(C)(C)(CCOCCOC)OC(=O)CCOCCOCCOC. The van der Waals surface area contributed by atoms with Crippen molar-refractivity contribution in [1.29, 1.82) is 0 Å². The normalized spacial score (nSPS) is 13.2. The summed E-state index contributed by atoms with van der Waals surface area (Å²) >= 11 is 0. The topological polar surface area (TPSA) is 81.7 Å². The van der Waals surface area contributed by atoms with Gasteiger partial charge in [-0.3, -0.25) is 0 Å². The van der Waals surface area contributed by atoms with Crippen molar-refractivity contribution in [3.8, 4) is 0 Å². The Morgan fingerprint density at radius 1 is 0.679 bits per heavy atom. The van der Waals surface area contributed by atoms with Crippen molar-refractivity contribution in [2.45, 2.75) is 13.3 Å². The zero-order valence-electron chi connectivity index (χ0n) is 18.4. The number of carbonyl (C=O) groups excluding carboxylic acids is 1. The summed E-state index contributed by atoms with van der Waals surface area (Å²) in [5, 5.41) is 0. The summed E-state index contributed by atoms with van der Waals surface area (Å²) in [7, 11) is 3.27. The Kier molecular flexibility index (Phi) is 16.3. The molecular formula is C19H41O8P. The predicted molar refractivity (Wildman–Crippen MR) is 112 cm³/mol. The van der Waals surface area contributed by atoms with E-state index in [2.05, 4.69) is 13.3 Å². The van der Waals surface area contributed by atoms with Crippen LogP contribution in [0.1, 0.15) is 13.3 Å². The average molecular weight is 429 g/mol. The van der Waals surface area contributed by atoms with Crippen LogP contribution in [0.15, 0.2) is 0 Å². The fourth-order valence-corrected chi connectivity index (χ4v) is 4.89. The molecule has 0 saturated heterocycles. The van der Waals surface area contributed by atoms with E-state index in [4.69, 9.17) is 32.9 Å². The third kappa shape index (κ3) is 15.6. The zero-order valence-corrected chi connectivity index (χ0v) is 19.3. The Hall–Kier alpha value is -0.340. The summed E-state index contributed by atoms with van der Waals surface area (Å²) in [5.74, 6) is -0.239. The zero-order chi connectivity index (χ0) is 21.2. The molecule has 28 heavy (non-hydrogen) atoms. The molecule has 0 radical (unpaired) electrons. The molecule has 8 nitrogen and oxygen atoms in total. The Bertz CT molecular complexity index is 392. The molecule has 0 fully saturated rings. The van der Waals surface area contributed by atoms with Gasteiger partial charge in [0.15, 0.2) is 0 Å². The second kappa shape index (κ2) is 16.5. The first-order chi connectivity index (χ1) is 13.4. The van der Waals surface area contributed by atoms with Gasteiger partial charge in [-0.25, -0.2) is 0 Å². The van der Waals surface area contributed by atoms with E-state index >= 15 is 0 Å². The van der Waals surface area contributed by atoms with E-state index in [0.717, 1.165) is 0 Å². The van der Waals surface area contributed by atoms with Crippen molar-refractivity contribution in [2.24, 2.45) is 0 Å². The molecule has 0 aromatic carbocycles. The van der Waals surface area contributed by atoms with Gasteiger partial charge in [0.25, 0.3) is 0 Å². The summed E-state index contributed by atoms with van der Waals surface area (Å²) in [6.45, 7) is 8.52. The molecule has 0 saturated carbocycles. The summed E-state index contributed by atoms with van der Waals surface area (Å²) in [6, 6.07) is 0. The Morgan fingerprint density at radius 3 is 1.68 bits per heavy atom.